The molecule has 1 rings (SSSR count). The molecule has 0 aromatic carbocycles. The van der Waals surface area contributed by atoms with Crippen LogP contribution in [-0.2, 0) is 9.47 Å². The first-order chi connectivity index (χ1) is 6.65. The van der Waals surface area contributed by atoms with Crippen molar-refractivity contribution in [2.75, 3.05) is 20.3 Å². The lowest BCUT2D eigenvalue weighted by atomic mass is 10.2. The second-order valence-corrected chi connectivity index (χ2v) is 3.22. The van der Waals surface area contributed by atoms with Crippen LogP contribution in [0.1, 0.15) is 27.7 Å². The molecular weight excluding hydrogens is 185 g/mol. The van der Waals surface area contributed by atoms with Crippen LogP contribution in [0, 0.1) is 0 Å². The minimum atomic E-state index is -1.17. The van der Waals surface area contributed by atoms with Gasteiger partial charge < -0.3 is 9.47 Å². The fourth-order valence-electron chi connectivity index (χ4n) is 1.37. The lowest BCUT2D eigenvalue weighted by molar-refractivity contribution is -0.196. The fourth-order valence-corrected chi connectivity index (χ4v) is 1.37. The molecule has 0 aromatic heterocycles. The SMILES string of the molecule is CC.COC1COC(F)CN1C(C)C. The number of ether oxygens (including phenoxy) is 2. The van der Waals surface area contributed by atoms with Crippen LogP contribution in [-0.4, -0.2) is 43.8 Å². The molecule has 3 nitrogen and oxygen atoms in total. The van der Waals surface area contributed by atoms with Gasteiger partial charge in [-0.05, 0) is 13.8 Å². The predicted molar refractivity (Wildman–Crippen MR) is 54.8 cm³/mol. The quantitative estimate of drug-likeness (QED) is 0.691. The highest BCUT2D eigenvalue weighted by Crippen LogP contribution is 2.15. The van der Waals surface area contributed by atoms with Gasteiger partial charge >= 0.3 is 0 Å². The Balaban J connectivity index is 0.000000791. The Morgan fingerprint density at radius 1 is 1.43 bits per heavy atom. The molecular formula is C10H22FNO2. The summed E-state index contributed by atoms with van der Waals surface area (Å²) in [7, 11) is 1.61. The van der Waals surface area contributed by atoms with Crippen molar-refractivity contribution in [2.24, 2.45) is 0 Å². The van der Waals surface area contributed by atoms with E-state index in [2.05, 4.69) is 0 Å². The summed E-state index contributed by atoms with van der Waals surface area (Å²) in [5.41, 5.74) is 0. The summed E-state index contributed by atoms with van der Waals surface area (Å²) >= 11 is 0. The monoisotopic (exact) mass is 207 g/mol. The molecule has 1 aliphatic rings. The van der Waals surface area contributed by atoms with Gasteiger partial charge in [0.15, 0.2) is 0 Å². The number of rotatable bonds is 2. The highest BCUT2D eigenvalue weighted by molar-refractivity contribution is 4.72. The zero-order chi connectivity index (χ0) is 11.1. The van der Waals surface area contributed by atoms with Crippen molar-refractivity contribution in [1.82, 2.24) is 4.90 Å². The number of morpholine rings is 1. The third-order valence-corrected chi connectivity index (χ3v) is 2.08. The number of halogens is 1. The van der Waals surface area contributed by atoms with Crippen molar-refractivity contribution >= 4 is 0 Å². The topological polar surface area (TPSA) is 21.7 Å². The molecule has 0 amide bonds. The number of nitrogens with zero attached hydrogens (tertiary/aromatic N) is 1. The lowest BCUT2D eigenvalue weighted by Gasteiger charge is -2.38. The third-order valence-electron chi connectivity index (χ3n) is 2.08. The predicted octanol–water partition coefficient (Wildman–Crippen LogP) is 2.02. The maximum atomic E-state index is 12.8. The van der Waals surface area contributed by atoms with E-state index in [1.165, 1.54) is 0 Å². The fraction of sp³-hybridized carbons (Fsp3) is 1.00. The van der Waals surface area contributed by atoms with E-state index in [1.807, 2.05) is 32.6 Å². The van der Waals surface area contributed by atoms with Gasteiger partial charge in [-0.1, -0.05) is 13.8 Å². The van der Waals surface area contributed by atoms with Crippen molar-refractivity contribution < 1.29 is 13.9 Å². The molecule has 0 aliphatic carbocycles. The summed E-state index contributed by atoms with van der Waals surface area (Å²) in [6, 6.07) is 0.289. The average Bonchev–Trinajstić information content (AvgIpc) is 2.20. The van der Waals surface area contributed by atoms with E-state index in [9.17, 15) is 4.39 Å². The normalized spacial score (nSPS) is 28.5. The molecule has 86 valence electrons. The van der Waals surface area contributed by atoms with E-state index in [4.69, 9.17) is 9.47 Å². The van der Waals surface area contributed by atoms with Crippen LogP contribution in [0.25, 0.3) is 0 Å². The Morgan fingerprint density at radius 2 is 2.00 bits per heavy atom. The number of hydrogen-bond donors (Lipinski definition) is 0. The van der Waals surface area contributed by atoms with Gasteiger partial charge in [0.25, 0.3) is 0 Å². The van der Waals surface area contributed by atoms with Crippen molar-refractivity contribution in [3.8, 4) is 0 Å². The largest absolute Gasteiger partial charge is 0.364 e. The van der Waals surface area contributed by atoms with E-state index < -0.39 is 6.36 Å². The van der Waals surface area contributed by atoms with Gasteiger partial charge in [-0.15, -0.1) is 0 Å². The summed E-state index contributed by atoms with van der Waals surface area (Å²) in [6.07, 6.45) is -1.27. The Hall–Kier alpha value is -0.190. The summed E-state index contributed by atoms with van der Waals surface area (Å²) in [6.45, 7) is 8.65. The Labute approximate surface area is 86.2 Å². The molecule has 0 aromatic rings. The smallest absolute Gasteiger partial charge is 0.211 e. The Morgan fingerprint density at radius 3 is 2.43 bits per heavy atom. The molecule has 14 heavy (non-hydrogen) atoms. The van der Waals surface area contributed by atoms with Crippen LogP contribution < -0.4 is 0 Å². The van der Waals surface area contributed by atoms with Gasteiger partial charge in [0.1, 0.15) is 6.23 Å². The van der Waals surface area contributed by atoms with Gasteiger partial charge in [0, 0.05) is 13.2 Å². The van der Waals surface area contributed by atoms with Crippen molar-refractivity contribution in [2.45, 2.75) is 46.3 Å². The van der Waals surface area contributed by atoms with Gasteiger partial charge in [-0.3, -0.25) is 4.90 Å². The van der Waals surface area contributed by atoms with Crippen molar-refractivity contribution in [1.29, 1.82) is 0 Å². The average molecular weight is 207 g/mol. The molecule has 0 bridgehead atoms. The van der Waals surface area contributed by atoms with E-state index in [-0.39, 0.29) is 12.3 Å². The molecule has 2 unspecified atom stereocenters. The van der Waals surface area contributed by atoms with Gasteiger partial charge in [-0.25, -0.2) is 4.39 Å². The molecule has 2 atom stereocenters. The molecule has 1 saturated heterocycles. The van der Waals surface area contributed by atoms with Crippen LogP contribution in [0.2, 0.25) is 0 Å². The molecule has 1 aliphatic heterocycles. The summed E-state index contributed by atoms with van der Waals surface area (Å²) in [5, 5.41) is 0. The van der Waals surface area contributed by atoms with Crippen LogP contribution in [0.15, 0.2) is 0 Å². The number of methoxy groups -OCH3 is 1. The Kier molecular flexibility index (Phi) is 7.05. The minimum absolute atomic E-state index is 0.100. The molecule has 0 saturated carbocycles. The lowest BCUT2D eigenvalue weighted by Crippen LogP contribution is -2.52. The van der Waals surface area contributed by atoms with E-state index in [0.29, 0.717) is 13.2 Å². The first-order valence-corrected chi connectivity index (χ1v) is 5.19. The first kappa shape index (κ1) is 13.8. The van der Waals surface area contributed by atoms with Crippen LogP contribution >= 0.6 is 0 Å². The van der Waals surface area contributed by atoms with E-state index in [0.717, 1.165) is 0 Å². The van der Waals surface area contributed by atoms with Crippen molar-refractivity contribution in [3.05, 3.63) is 0 Å². The van der Waals surface area contributed by atoms with E-state index in [1.54, 1.807) is 7.11 Å². The first-order valence-electron chi connectivity index (χ1n) is 5.19. The number of alkyl halides is 1. The summed E-state index contributed by atoms with van der Waals surface area (Å²) in [5.74, 6) is 0. The van der Waals surface area contributed by atoms with Crippen LogP contribution in [0.4, 0.5) is 4.39 Å². The third kappa shape index (κ3) is 3.90. The zero-order valence-electron chi connectivity index (χ0n) is 9.79. The second-order valence-electron chi connectivity index (χ2n) is 3.22. The standard InChI is InChI=1S/C8H16FNO2.C2H6/c1-6(2)10-4-7(9)12-5-8(10)11-3;1-2/h6-8H,4-5H2,1-3H3;1-2H3. The molecule has 1 fully saturated rings. The van der Waals surface area contributed by atoms with Gasteiger partial charge in [0.2, 0.25) is 6.36 Å². The highest BCUT2D eigenvalue weighted by atomic mass is 19.1. The van der Waals surface area contributed by atoms with Gasteiger partial charge in [-0.2, -0.15) is 0 Å². The molecule has 0 radical (unpaired) electrons. The highest BCUT2D eigenvalue weighted by Gasteiger charge is 2.30. The molecule has 4 heteroatoms. The van der Waals surface area contributed by atoms with E-state index >= 15 is 0 Å². The molecule has 0 N–H and O–H groups in total. The molecule has 0 spiro atoms. The zero-order valence-corrected chi connectivity index (χ0v) is 9.79. The maximum Gasteiger partial charge on any atom is 0.211 e. The van der Waals surface area contributed by atoms with Gasteiger partial charge in [0.05, 0.1) is 13.2 Å². The summed E-state index contributed by atoms with van der Waals surface area (Å²) in [4.78, 5) is 1.95. The molecule has 1 heterocycles. The van der Waals surface area contributed by atoms with Crippen molar-refractivity contribution in [3.63, 3.8) is 0 Å². The number of hydrogen-bond acceptors (Lipinski definition) is 3. The maximum absolute atomic E-state index is 12.8. The second kappa shape index (κ2) is 7.15. The Bertz CT molecular complexity index is 144. The van der Waals surface area contributed by atoms with Crippen LogP contribution in [0.5, 0.6) is 0 Å². The summed E-state index contributed by atoms with van der Waals surface area (Å²) < 4.78 is 22.8. The minimum Gasteiger partial charge on any atom is -0.364 e. The van der Waals surface area contributed by atoms with Crippen LogP contribution in [0.3, 0.4) is 0 Å².